The quantitative estimate of drug-likeness (QED) is 0.429. The lowest BCUT2D eigenvalue weighted by Gasteiger charge is -2.40. The molecular weight excluding hydrogens is 484 g/mol. The number of ether oxygens (including phenoxy) is 2. The molecule has 7 rings (SSSR count). The average molecular weight is 519 g/mol. The molecule has 0 unspecified atom stereocenters. The number of fused-ring (bicyclic) bond motifs is 2. The van der Waals surface area contributed by atoms with E-state index in [0.29, 0.717) is 6.04 Å². The van der Waals surface area contributed by atoms with Gasteiger partial charge in [0.05, 0.1) is 36.6 Å². The van der Waals surface area contributed by atoms with E-state index in [-0.39, 0.29) is 0 Å². The van der Waals surface area contributed by atoms with Crippen LogP contribution in [0.25, 0.3) is 32.5 Å². The third kappa shape index (κ3) is 4.75. The van der Waals surface area contributed by atoms with E-state index >= 15 is 0 Å². The van der Waals surface area contributed by atoms with E-state index in [0.717, 1.165) is 106 Å². The van der Waals surface area contributed by atoms with Gasteiger partial charge in [0.15, 0.2) is 11.6 Å². The summed E-state index contributed by atoms with van der Waals surface area (Å²) in [4.78, 5) is 22.6. The first kappa shape index (κ1) is 23.5. The highest BCUT2D eigenvalue weighted by Gasteiger charge is 2.27. The van der Waals surface area contributed by atoms with Gasteiger partial charge in [-0.05, 0) is 31.0 Å². The molecule has 0 radical (unpaired) electrons. The third-order valence-corrected chi connectivity index (χ3v) is 9.15. The molecule has 3 saturated heterocycles. The number of hydrogen-bond acceptors (Lipinski definition) is 8. The maximum Gasteiger partial charge on any atom is 0.162 e. The second-order valence-electron chi connectivity index (χ2n) is 10.3. The summed E-state index contributed by atoms with van der Waals surface area (Å²) in [5.74, 6) is 1.85. The van der Waals surface area contributed by atoms with E-state index in [1.807, 2.05) is 17.5 Å². The van der Waals surface area contributed by atoms with Crippen LogP contribution in [0.5, 0.6) is 0 Å². The van der Waals surface area contributed by atoms with E-state index in [9.17, 15) is 0 Å². The minimum Gasteiger partial charge on any atom is -0.379 e. The van der Waals surface area contributed by atoms with E-state index in [1.165, 1.54) is 22.4 Å². The minimum absolute atomic E-state index is 0.708. The van der Waals surface area contributed by atoms with Crippen LogP contribution in [0, 0.1) is 0 Å². The van der Waals surface area contributed by atoms with Crippen molar-refractivity contribution in [2.45, 2.75) is 25.4 Å². The molecule has 37 heavy (non-hydrogen) atoms. The molecule has 3 aromatic heterocycles. The van der Waals surface area contributed by atoms with Crippen molar-refractivity contribution in [1.82, 2.24) is 24.8 Å². The van der Waals surface area contributed by atoms with Crippen LogP contribution >= 0.6 is 11.3 Å². The molecule has 3 aliphatic heterocycles. The summed E-state index contributed by atoms with van der Waals surface area (Å²) in [6.45, 7) is 10.4. The normalized spacial score (nSPS) is 20.8. The standard InChI is InChI=1S/C28H34N6O2S/c1-2-23(22-4-7-29-24(22)3-1)27-30-25-18-21(37-26(25)28(31-27)34-12-16-36-17-13-34)19-32-8-5-20(6-9-32)33-10-14-35-15-11-33/h1-4,7,18,20,29H,5-6,8-17,19H2. The van der Waals surface area contributed by atoms with Crippen LogP contribution in [-0.2, 0) is 16.0 Å². The Balaban J connectivity index is 1.17. The fourth-order valence-electron chi connectivity index (χ4n) is 6.04. The van der Waals surface area contributed by atoms with Crippen molar-refractivity contribution in [2.75, 3.05) is 70.6 Å². The Morgan fingerprint density at radius 3 is 2.51 bits per heavy atom. The van der Waals surface area contributed by atoms with Crippen molar-refractivity contribution in [3.8, 4) is 11.4 Å². The highest BCUT2D eigenvalue weighted by molar-refractivity contribution is 7.19. The van der Waals surface area contributed by atoms with Gasteiger partial charge in [-0.15, -0.1) is 11.3 Å². The second-order valence-corrected chi connectivity index (χ2v) is 11.4. The Morgan fingerprint density at radius 2 is 1.70 bits per heavy atom. The molecule has 6 heterocycles. The number of thiophene rings is 1. The number of hydrogen-bond donors (Lipinski definition) is 1. The molecule has 4 aromatic rings. The second kappa shape index (κ2) is 10.3. The van der Waals surface area contributed by atoms with Gasteiger partial charge < -0.3 is 19.4 Å². The van der Waals surface area contributed by atoms with Gasteiger partial charge in [-0.2, -0.15) is 0 Å². The molecule has 0 bridgehead atoms. The van der Waals surface area contributed by atoms with E-state index in [2.05, 4.69) is 50.0 Å². The van der Waals surface area contributed by atoms with Gasteiger partial charge in [-0.1, -0.05) is 12.1 Å². The molecular formula is C28H34N6O2S. The zero-order valence-corrected chi connectivity index (χ0v) is 22.0. The summed E-state index contributed by atoms with van der Waals surface area (Å²) >= 11 is 1.87. The fourth-order valence-corrected chi connectivity index (χ4v) is 7.19. The molecule has 0 saturated carbocycles. The molecule has 1 N–H and O–H groups in total. The van der Waals surface area contributed by atoms with Gasteiger partial charge in [0.25, 0.3) is 0 Å². The molecule has 3 fully saturated rings. The van der Waals surface area contributed by atoms with Crippen LogP contribution in [-0.4, -0.2) is 96.5 Å². The molecule has 1 aromatic carbocycles. The zero-order chi connectivity index (χ0) is 24.6. The summed E-state index contributed by atoms with van der Waals surface area (Å²) in [7, 11) is 0. The molecule has 0 spiro atoms. The number of piperidine rings is 1. The summed E-state index contributed by atoms with van der Waals surface area (Å²) < 4.78 is 12.4. The van der Waals surface area contributed by atoms with Crippen molar-refractivity contribution in [1.29, 1.82) is 0 Å². The van der Waals surface area contributed by atoms with Crippen LogP contribution in [0.2, 0.25) is 0 Å². The van der Waals surface area contributed by atoms with Gasteiger partial charge in [0, 0.05) is 79.4 Å². The fraction of sp³-hybridized carbons (Fsp3) is 0.500. The highest BCUT2D eigenvalue weighted by Crippen LogP contribution is 2.36. The van der Waals surface area contributed by atoms with Crippen molar-refractivity contribution in [2.24, 2.45) is 0 Å². The highest BCUT2D eigenvalue weighted by atomic mass is 32.1. The maximum atomic E-state index is 5.65. The topological polar surface area (TPSA) is 69.8 Å². The Kier molecular flexibility index (Phi) is 6.56. The van der Waals surface area contributed by atoms with E-state index in [1.54, 1.807) is 0 Å². The predicted octanol–water partition coefficient (Wildman–Crippen LogP) is 3.97. The number of anilines is 1. The lowest BCUT2D eigenvalue weighted by molar-refractivity contribution is 0.000310. The Labute approximate surface area is 221 Å². The van der Waals surface area contributed by atoms with Crippen molar-refractivity contribution < 1.29 is 9.47 Å². The largest absolute Gasteiger partial charge is 0.379 e. The molecule has 0 amide bonds. The number of nitrogens with one attached hydrogen (secondary N) is 1. The van der Waals surface area contributed by atoms with E-state index in [4.69, 9.17) is 19.4 Å². The lowest BCUT2D eigenvalue weighted by Crippen LogP contribution is -2.48. The van der Waals surface area contributed by atoms with Crippen molar-refractivity contribution >= 4 is 38.3 Å². The number of nitrogens with zero attached hydrogens (tertiary/aromatic N) is 5. The number of aromatic amines is 1. The van der Waals surface area contributed by atoms with Crippen molar-refractivity contribution in [3.05, 3.63) is 41.4 Å². The Morgan fingerprint density at radius 1 is 0.919 bits per heavy atom. The number of morpholine rings is 2. The molecule has 9 heteroatoms. The summed E-state index contributed by atoms with van der Waals surface area (Å²) in [5.41, 5.74) is 3.25. The minimum atomic E-state index is 0.708. The van der Waals surface area contributed by atoms with Crippen LogP contribution in [0.15, 0.2) is 36.5 Å². The first-order valence-electron chi connectivity index (χ1n) is 13.6. The number of benzene rings is 1. The molecule has 194 valence electrons. The van der Waals surface area contributed by atoms with Gasteiger partial charge in [0.1, 0.15) is 0 Å². The van der Waals surface area contributed by atoms with Crippen LogP contribution in [0.1, 0.15) is 17.7 Å². The number of H-pyrrole nitrogens is 1. The Bertz CT molecular complexity index is 1370. The number of likely N-dealkylation sites (tertiary alicyclic amines) is 1. The zero-order valence-electron chi connectivity index (χ0n) is 21.2. The van der Waals surface area contributed by atoms with Gasteiger partial charge in [-0.25, -0.2) is 9.97 Å². The lowest BCUT2D eigenvalue weighted by atomic mass is 10.0. The summed E-state index contributed by atoms with van der Waals surface area (Å²) in [6.07, 6.45) is 4.48. The molecule has 3 aliphatic rings. The SMILES string of the molecule is c1cc(-c2nc(N3CCOCC3)c3sc(CN4CCC(N5CCOCC5)CC4)cc3n2)c2cc[nH]c2c1. The number of rotatable bonds is 5. The monoisotopic (exact) mass is 518 g/mol. The first-order chi connectivity index (χ1) is 18.3. The van der Waals surface area contributed by atoms with Crippen LogP contribution < -0.4 is 4.90 Å². The van der Waals surface area contributed by atoms with Gasteiger partial charge in [-0.3, -0.25) is 9.80 Å². The average Bonchev–Trinajstić information content (AvgIpc) is 3.60. The maximum absolute atomic E-state index is 5.65. The number of aromatic nitrogens is 3. The smallest absolute Gasteiger partial charge is 0.162 e. The summed E-state index contributed by atoms with van der Waals surface area (Å²) in [5, 5.41) is 1.16. The van der Waals surface area contributed by atoms with Crippen LogP contribution in [0.4, 0.5) is 5.82 Å². The summed E-state index contributed by atoms with van der Waals surface area (Å²) in [6, 6.07) is 11.4. The molecule has 8 nitrogen and oxygen atoms in total. The third-order valence-electron chi connectivity index (χ3n) is 8.05. The van der Waals surface area contributed by atoms with Crippen LogP contribution in [0.3, 0.4) is 0 Å². The van der Waals surface area contributed by atoms with E-state index < -0.39 is 0 Å². The first-order valence-corrected chi connectivity index (χ1v) is 14.4. The van der Waals surface area contributed by atoms with Crippen molar-refractivity contribution in [3.63, 3.8) is 0 Å². The molecule has 0 aliphatic carbocycles. The van der Waals surface area contributed by atoms with Gasteiger partial charge in [0.2, 0.25) is 0 Å². The van der Waals surface area contributed by atoms with Gasteiger partial charge >= 0.3 is 0 Å². The predicted molar refractivity (Wildman–Crippen MR) is 148 cm³/mol. The molecule has 0 atom stereocenters. The Hall–Kier alpha value is -2.56.